The molecule has 1 aromatic heterocycles. The second-order valence-electron chi connectivity index (χ2n) is 4.73. The lowest BCUT2D eigenvalue weighted by Gasteiger charge is -2.16. The van der Waals surface area contributed by atoms with Crippen molar-refractivity contribution < 1.29 is 17.7 Å². The number of hydrogen-bond acceptors (Lipinski definition) is 3. The van der Waals surface area contributed by atoms with Gasteiger partial charge in [-0.2, -0.15) is 13.2 Å². The Hall–Kier alpha value is -1.20. The Labute approximate surface area is 92.0 Å². The van der Waals surface area contributed by atoms with Crippen molar-refractivity contribution in [3.05, 3.63) is 11.8 Å². The van der Waals surface area contributed by atoms with E-state index in [9.17, 15) is 13.2 Å². The predicted octanol–water partition coefficient (Wildman–Crippen LogP) is 3.33. The largest absolute Gasteiger partial charge is 0.408 e. The van der Waals surface area contributed by atoms with E-state index >= 15 is 0 Å². The lowest BCUT2D eigenvalue weighted by atomic mass is 9.93. The van der Waals surface area contributed by atoms with Gasteiger partial charge in [-0.25, -0.2) is 0 Å². The van der Waals surface area contributed by atoms with Gasteiger partial charge in [-0.05, 0) is 6.92 Å². The Morgan fingerprint density at radius 2 is 1.88 bits per heavy atom. The van der Waals surface area contributed by atoms with Crippen molar-refractivity contribution in [3.8, 4) is 0 Å². The molecule has 0 aliphatic carbocycles. The Morgan fingerprint density at radius 3 is 2.25 bits per heavy atom. The molecule has 0 aliphatic heterocycles. The zero-order valence-corrected chi connectivity index (χ0v) is 9.64. The van der Waals surface area contributed by atoms with Crippen molar-refractivity contribution in [2.45, 2.75) is 45.3 Å². The van der Waals surface area contributed by atoms with Crippen LogP contribution in [0.1, 0.15) is 33.5 Å². The summed E-state index contributed by atoms with van der Waals surface area (Å²) in [7, 11) is 0. The van der Waals surface area contributed by atoms with Gasteiger partial charge < -0.3 is 9.84 Å². The summed E-state index contributed by atoms with van der Waals surface area (Å²) in [6, 6.07) is -0.159. The van der Waals surface area contributed by atoms with Crippen LogP contribution in [-0.2, 0) is 5.41 Å². The lowest BCUT2D eigenvalue weighted by Crippen LogP contribution is -2.33. The highest BCUT2D eigenvalue weighted by molar-refractivity contribution is 5.36. The Balaban J connectivity index is 2.74. The van der Waals surface area contributed by atoms with E-state index in [0.717, 1.165) is 6.92 Å². The maximum atomic E-state index is 12.3. The van der Waals surface area contributed by atoms with Crippen LogP contribution in [0.15, 0.2) is 10.6 Å². The standard InChI is InChI=1S/C10H15F3N2O/c1-6(10(11,12)13)14-8-5-7(16-15-8)9(2,3)4/h5-6H,1-4H3,(H,14,15). The summed E-state index contributed by atoms with van der Waals surface area (Å²) in [5.41, 5.74) is -0.269. The first kappa shape index (κ1) is 12.9. The van der Waals surface area contributed by atoms with Gasteiger partial charge in [-0.15, -0.1) is 0 Å². The van der Waals surface area contributed by atoms with Gasteiger partial charge in [0.1, 0.15) is 11.8 Å². The van der Waals surface area contributed by atoms with Crippen LogP contribution in [0, 0.1) is 0 Å². The number of aromatic nitrogens is 1. The van der Waals surface area contributed by atoms with E-state index in [1.54, 1.807) is 0 Å². The molecule has 1 atom stereocenters. The normalized spacial score (nSPS) is 14.9. The molecule has 1 N–H and O–H groups in total. The minimum atomic E-state index is -4.29. The van der Waals surface area contributed by atoms with Crippen molar-refractivity contribution >= 4 is 5.82 Å². The average molecular weight is 236 g/mol. The van der Waals surface area contributed by atoms with E-state index in [0.29, 0.717) is 5.76 Å². The molecule has 1 heterocycles. The molecule has 1 aromatic rings. The number of alkyl halides is 3. The number of anilines is 1. The molecule has 92 valence electrons. The first-order valence-electron chi connectivity index (χ1n) is 4.91. The van der Waals surface area contributed by atoms with Crippen LogP contribution in [0.2, 0.25) is 0 Å². The summed E-state index contributed by atoms with van der Waals surface area (Å²) < 4.78 is 41.7. The van der Waals surface area contributed by atoms with Gasteiger partial charge >= 0.3 is 6.18 Å². The fraction of sp³-hybridized carbons (Fsp3) is 0.700. The van der Waals surface area contributed by atoms with Crippen molar-refractivity contribution in [2.75, 3.05) is 5.32 Å². The zero-order chi connectivity index (χ0) is 12.6. The van der Waals surface area contributed by atoms with Gasteiger partial charge in [-0.1, -0.05) is 25.9 Å². The van der Waals surface area contributed by atoms with Crippen LogP contribution in [0.5, 0.6) is 0 Å². The van der Waals surface area contributed by atoms with Gasteiger partial charge in [-0.3, -0.25) is 0 Å². The minimum absolute atomic E-state index is 0.106. The second kappa shape index (κ2) is 3.99. The molecule has 3 nitrogen and oxygen atoms in total. The maximum Gasteiger partial charge on any atom is 0.408 e. The summed E-state index contributed by atoms with van der Waals surface area (Å²) in [5, 5.41) is 5.79. The van der Waals surface area contributed by atoms with Crippen LogP contribution in [0.25, 0.3) is 0 Å². The summed E-state index contributed by atoms with van der Waals surface area (Å²) in [5.74, 6) is 0.652. The molecule has 0 radical (unpaired) electrons. The van der Waals surface area contributed by atoms with Gasteiger partial charge in [0.05, 0.1) is 0 Å². The molecular weight excluding hydrogens is 221 g/mol. The fourth-order valence-corrected chi connectivity index (χ4v) is 1.00. The molecule has 0 fully saturated rings. The third-order valence-electron chi connectivity index (χ3n) is 2.10. The molecule has 16 heavy (non-hydrogen) atoms. The molecular formula is C10H15F3N2O. The maximum absolute atomic E-state index is 12.3. The molecule has 0 spiro atoms. The average Bonchev–Trinajstić information content (AvgIpc) is 2.49. The molecule has 6 heteroatoms. The molecule has 1 unspecified atom stereocenters. The number of rotatable bonds is 2. The second-order valence-corrected chi connectivity index (χ2v) is 4.73. The highest BCUT2D eigenvalue weighted by atomic mass is 19.4. The summed E-state index contributed by atoms with van der Waals surface area (Å²) in [6.07, 6.45) is -4.29. The van der Waals surface area contributed by atoms with Crippen molar-refractivity contribution in [2.24, 2.45) is 0 Å². The van der Waals surface area contributed by atoms with E-state index in [1.165, 1.54) is 6.07 Å². The smallest absolute Gasteiger partial charge is 0.359 e. The third-order valence-corrected chi connectivity index (χ3v) is 2.10. The van der Waals surface area contributed by atoms with E-state index in [2.05, 4.69) is 10.5 Å². The predicted molar refractivity (Wildman–Crippen MR) is 54.3 cm³/mol. The van der Waals surface area contributed by atoms with Gasteiger partial charge in [0.2, 0.25) is 0 Å². The van der Waals surface area contributed by atoms with Crippen molar-refractivity contribution in [3.63, 3.8) is 0 Å². The number of hydrogen-bond donors (Lipinski definition) is 1. The first-order valence-corrected chi connectivity index (χ1v) is 4.91. The molecule has 0 amide bonds. The topological polar surface area (TPSA) is 38.1 Å². The lowest BCUT2D eigenvalue weighted by molar-refractivity contribution is -0.138. The zero-order valence-electron chi connectivity index (χ0n) is 9.64. The summed E-state index contributed by atoms with van der Waals surface area (Å²) in [4.78, 5) is 0. The number of nitrogens with one attached hydrogen (secondary N) is 1. The van der Waals surface area contributed by atoms with Crippen LogP contribution < -0.4 is 5.32 Å². The quantitative estimate of drug-likeness (QED) is 0.855. The third kappa shape index (κ3) is 3.15. The number of halogens is 3. The highest BCUT2D eigenvalue weighted by Crippen LogP contribution is 2.27. The number of nitrogens with zero attached hydrogens (tertiary/aromatic N) is 1. The van der Waals surface area contributed by atoms with Crippen molar-refractivity contribution in [1.29, 1.82) is 0 Å². The van der Waals surface area contributed by atoms with E-state index in [4.69, 9.17) is 4.52 Å². The van der Waals surface area contributed by atoms with E-state index in [1.807, 2.05) is 20.8 Å². The monoisotopic (exact) mass is 236 g/mol. The van der Waals surface area contributed by atoms with Crippen LogP contribution in [-0.4, -0.2) is 17.4 Å². The first-order chi connectivity index (χ1) is 7.10. The van der Waals surface area contributed by atoms with Crippen molar-refractivity contribution in [1.82, 2.24) is 5.16 Å². The van der Waals surface area contributed by atoms with E-state index < -0.39 is 12.2 Å². The highest BCUT2D eigenvalue weighted by Gasteiger charge is 2.36. The Morgan fingerprint density at radius 1 is 1.31 bits per heavy atom. The van der Waals surface area contributed by atoms with Gasteiger partial charge in [0.15, 0.2) is 5.82 Å². The molecule has 0 aromatic carbocycles. The minimum Gasteiger partial charge on any atom is -0.359 e. The molecule has 0 aliphatic rings. The van der Waals surface area contributed by atoms with Crippen LogP contribution in [0.3, 0.4) is 0 Å². The SMILES string of the molecule is CC(Nc1cc(C(C)(C)C)on1)C(F)(F)F. The molecule has 0 bridgehead atoms. The van der Waals surface area contributed by atoms with Crippen LogP contribution >= 0.6 is 0 Å². The fourth-order valence-electron chi connectivity index (χ4n) is 1.00. The summed E-state index contributed by atoms with van der Waals surface area (Å²) in [6.45, 7) is 6.71. The molecule has 0 saturated heterocycles. The van der Waals surface area contributed by atoms with Gasteiger partial charge in [0, 0.05) is 11.5 Å². The van der Waals surface area contributed by atoms with Gasteiger partial charge in [0.25, 0.3) is 0 Å². The van der Waals surface area contributed by atoms with Crippen LogP contribution in [0.4, 0.5) is 19.0 Å². The molecule has 1 rings (SSSR count). The Bertz CT molecular complexity index is 352. The molecule has 0 saturated carbocycles. The summed E-state index contributed by atoms with van der Waals surface area (Å²) >= 11 is 0. The Kier molecular flexibility index (Phi) is 3.21. The van der Waals surface area contributed by atoms with E-state index in [-0.39, 0.29) is 11.2 Å².